The minimum Gasteiger partial charge on any atom is -0.508 e. The lowest BCUT2D eigenvalue weighted by atomic mass is 9.75. The summed E-state index contributed by atoms with van der Waals surface area (Å²) < 4.78 is 5.94. The Morgan fingerprint density at radius 2 is 0.959 bits per heavy atom. The molecule has 2 unspecified atom stereocenters. The van der Waals surface area contributed by atoms with Gasteiger partial charge in [0.25, 0.3) is 0 Å². The smallest absolute Gasteiger partial charge is 0.217 e. The Kier molecular flexibility index (Phi) is 21.3. The molecule has 0 spiro atoms. The SMILES string of the molecule is COc1cc(C(C)(C)CCCCCCCCCC(NC(C)=O)C(C)C)c(O)cc1C(C)(C)CCCCCCCCCC(NC(C)=O)C(C)C. The van der Waals surface area contributed by atoms with Crippen LogP contribution in [0, 0.1) is 11.8 Å². The molecule has 0 aliphatic carbocycles. The van der Waals surface area contributed by atoms with Gasteiger partial charge in [-0.05, 0) is 60.5 Å². The number of aromatic hydroxyl groups is 1. The second-order valence-corrected chi connectivity index (χ2v) is 17.0. The fourth-order valence-corrected chi connectivity index (χ4v) is 7.37. The van der Waals surface area contributed by atoms with Crippen LogP contribution in [0.2, 0.25) is 0 Å². The summed E-state index contributed by atoms with van der Waals surface area (Å²) in [6, 6.07) is 4.67. The molecule has 0 saturated carbocycles. The molecule has 0 saturated heterocycles. The maximum atomic E-state index is 11.4. The molecule has 0 fully saturated rings. The van der Waals surface area contributed by atoms with Crippen LogP contribution in [0.3, 0.4) is 0 Å². The van der Waals surface area contributed by atoms with Gasteiger partial charge in [-0.2, -0.15) is 0 Å². The number of amides is 2. The summed E-state index contributed by atoms with van der Waals surface area (Å²) in [6.45, 7) is 21.0. The normalized spacial score (nSPS) is 13.5. The molecular formula is C43H78N2O4. The van der Waals surface area contributed by atoms with Gasteiger partial charge in [-0.3, -0.25) is 9.59 Å². The molecule has 2 atom stereocenters. The molecular weight excluding hydrogens is 608 g/mol. The first-order valence-electron chi connectivity index (χ1n) is 20.0. The number of ether oxygens (including phenoxy) is 1. The van der Waals surface area contributed by atoms with Gasteiger partial charge in [0.15, 0.2) is 0 Å². The zero-order chi connectivity index (χ0) is 37.0. The van der Waals surface area contributed by atoms with E-state index in [9.17, 15) is 14.7 Å². The van der Waals surface area contributed by atoms with Crippen molar-refractivity contribution in [3.8, 4) is 11.5 Å². The zero-order valence-electron chi connectivity index (χ0n) is 33.9. The molecule has 0 heterocycles. The molecule has 0 radical (unpaired) electrons. The van der Waals surface area contributed by atoms with E-state index in [-0.39, 0.29) is 22.6 Å². The quantitative estimate of drug-likeness (QED) is 0.0804. The Labute approximate surface area is 302 Å². The predicted octanol–water partition coefficient (Wildman–Crippen LogP) is 11.3. The standard InChI is InChI=1S/C43H78N2O4/c1-32(2)38(44-34(5)46)26-22-18-14-12-16-20-24-28-42(7,8)36-31-41(49-11)37(30-40(36)48)43(9,10)29-25-21-17-13-15-19-23-27-39(33(3)4)45-35(6)47/h30-33,38-39,48H,12-29H2,1-11H3,(H,44,46)(H,45,47). The van der Waals surface area contributed by atoms with Gasteiger partial charge in [0.2, 0.25) is 11.8 Å². The van der Waals surface area contributed by atoms with Crippen LogP contribution in [-0.2, 0) is 20.4 Å². The van der Waals surface area contributed by atoms with Gasteiger partial charge in [0, 0.05) is 37.1 Å². The number of unbranched alkanes of at least 4 members (excludes halogenated alkanes) is 12. The van der Waals surface area contributed by atoms with Crippen molar-refractivity contribution >= 4 is 11.8 Å². The maximum absolute atomic E-state index is 11.4. The lowest BCUT2D eigenvalue weighted by Crippen LogP contribution is -2.37. The number of carbonyl (C=O) groups excluding carboxylic acids is 2. The van der Waals surface area contributed by atoms with E-state index in [2.05, 4.69) is 72.1 Å². The summed E-state index contributed by atoms with van der Waals surface area (Å²) in [5.41, 5.74) is 1.87. The van der Waals surface area contributed by atoms with E-state index in [0.29, 0.717) is 29.7 Å². The van der Waals surface area contributed by atoms with Crippen molar-refractivity contribution in [1.29, 1.82) is 0 Å². The van der Waals surface area contributed by atoms with Crippen molar-refractivity contribution in [3.63, 3.8) is 0 Å². The van der Waals surface area contributed by atoms with Crippen LogP contribution in [-0.4, -0.2) is 36.1 Å². The van der Waals surface area contributed by atoms with Crippen molar-refractivity contribution in [3.05, 3.63) is 23.3 Å². The molecule has 2 amide bonds. The third kappa shape index (κ3) is 18.0. The molecule has 0 aliphatic rings. The third-order valence-electron chi connectivity index (χ3n) is 10.8. The summed E-state index contributed by atoms with van der Waals surface area (Å²) in [7, 11) is 1.76. The molecule has 0 bridgehead atoms. The van der Waals surface area contributed by atoms with E-state index in [1.54, 1.807) is 21.0 Å². The summed E-state index contributed by atoms with van der Waals surface area (Å²) in [6.07, 6.45) is 21.3. The molecule has 1 aromatic rings. The number of rotatable bonds is 27. The first-order valence-corrected chi connectivity index (χ1v) is 20.0. The summed E-state index contributed by atoms with van der Waals surface area (Å²) in [5, 5.41) is 17.5. The molecule has 1 rings (SSSR count). The van der Waals surface area contributed by atoms with E-state index in [1.807, 2.05) is 6.07 Å². The number of hydrogen-bond donors (Lipinski definition) is 3. The van der Waals surface area contributed by atoms with Crippen molar-refractivity contribution in [2.24, 2.45) is 11.8 Å². The van der Waals surface area contributed by atoms with Gasteiger partial charge < -0.3 is 20.5 Å². The Hall–Kier alpha value is -2.24. The highest BCUT2D eigenvalue weighted by Gasteiger charge is 2.30. The monoisotopic (exact) mass is 687 g/mol. The number of hydrogen-bond acceptors (Lipinski definition) is 4. The minimum absolute atomic E-state index is 0.0744. The van der Waals surface area contributed by atoms with Gasteiger partial charge >= 0.3 is 0 Å². The average Bonchev–Trinajstić information content (AvgIpc) is 3.01. The average molecular weight is 687 g/mol. The summed E-state index contributed by atoms with van der Waals surface area (Å²) >= 11 is 0. The fourth-order valence-electron chi connectivity index (χ4n) is 7.37. The number of benzene rings is 1. The van der Waals surface area contributed by atoms with Crippen molar-refractivity contribution in [1.82, 2.24) is 10.6 Å². The van der Waals surface area contributed by atoms with Gasteiger partial charge in [-0.1, -0.05) is 145 Å². The Morgan fingerprint density at radius 3 is 1.31 bits per heavy atom. The van der Waals surface area contributed by atoms with Gasteiger partial charge in [-0.15, -0.1) is 0 Å². The van der Waals surface area contributed by atoms with Crippen molar-refractivity contribution in [2.75, 3.05) is 7.11 Å². The number of phenolic OH excluding ortho intramolecular Hbond substituents is 1. The van der Waals surface area contributed by atoms with Gasteiger partial charge in [0.1, 0.15) is 11.5 Å². The van der Waals surface area contributed by atoms with Crippen LogP contribution in [0.4, 0.5) is 0 Å². The molecule has 0 aromatic heterocycles. The molecule has 1 aromatic carbocycles. The van der Waals surface area contributed by atoms with Crippen LogP contribution >= 0.6 is 0 Å². The predicted molar refractivity (Wildman–Crippen MR) is 209 cm³/mol. The zero-order valence-corrected chi connectivity index (χ0v) is 33.9. The Morgan fingerprint density at radius 1 is 0.612 bits per heavy atom. The summed E-state index contributed by atoms with van der Waals surface area (Å²) in [5.74, 6) is 2.39. The number of phenols is 1. The van der Waals surface area contributed by atoms with Crippen LogP contribution in [0.5, 0.6) is 11.5 Å². The highest BCUT2D eigenvalue weighted by molar-refractivity contribution is 5.73. The first-order chi connectivity index (χ1) is 23.0. The first kappa shape index (κ1) is 44.8. The van der Waals surface area contributed by atoms with Crippen molar-refractivity contribution < 1.29 is 19.4 Å². The van der Waals surface area contributed by atoms with Gasteiger partial charge in [0.05, 0.1) is 7.11 Å². The topological polar surface area (TPSA) is 87.7 Å². The molecule has 6 heteroatoms. The minimum atomic E-state index is -0.130. The molecule has 3 N–H and O–H groups in total. The summed E-state index contributed by atoms with van der Waals surface area (Å²) in [4.78, 5) is 22.9. The lowest BCUT2D eigenvalue weighted by molar-refractivity contribution is -0.120. The Bertz CT molecular complexity index is 1080. The fraction of sp³-hybridized carbons (Fsp3) is 0.814. The second kappa shape index (κ2) is 23.3. The maximum Gasteiger partial charge on any atom is 0.217 e. The van der Waals surface area contributed by atoms with E-state index < -0.39 is 0 Å². The molecule has 6 nitrogen and oxygen atoms in total. The van der Waals surface area contributed by atoms with E-state index in [4.69, 9.17) is 4.74 Å². The van der Waals surface area contributed by atoms with Crippen LogP contribution < -0.4 is 15.4 Å². The molecule has 0 aliphatic heterocycles. The number of nitrogens with one attached hydrogen (secondary N) is 2. The highest BCUT2D eigenvalue weighted by atomic mass is 16.5. The Balaban J connectivity index is 2.47. The van der Waals surface area contributed by atoms with Crippen LogP contribution in [0.1, 0.15) is 196 Å². The van der Waals surface area contributed by atoms with E-state index in [0.717, 1.165) is 55.4 Å². The van der Waals surface area contributed by atoms with Crippen LogP contribution in [0.25, 0.3) is 0 Å². The molecule has 49 heavy (non-hydrogen) atoms. The van der Waals surface area contributed by atoms with Crippen molar-refractivity contribution in [2.45, 2.75) is 208 Å². The van der Waals surface area contributed by atoms with E-state index in [1.165, 1.54) is 77.0 Å². The lowest BCUT2D eigenvalue weighted by Gasteiger charge is -2.31. The highest BCUT2D eigenvalue weighted by Crippen LogP contribution is 2.44. The third-order valence-corrected chi connectivity index (χ3v) is 10.8. The number of methoxy groups -OCH3 is 1. The molecule has 284 valence electrons. The largest absolute Gasteiger partial charge is 0.508 e. The van der Waals surface area contributed by atoms with Crippen LogP contribution in [0.15, 0.2) is 12.1 Å². The van der Waals surface area contributed by atoms with E-state index >= 15 is 0 Å². The number of carbonyl (C=O) groups is 2. The van der Waals surface area contributed by atoms with Gasteiger partial charge in [-0.25, -0.2) is 0 Å². The second-order valence-electron chi connectivity index (χ2n) is 17.0.